The van der Waals surface area contributed by atoms with E-state index < -0.39 is 11.7 Å². The van der Waals surface area contributed by atoms with Gasteiger partial charge in [-0.25, -0.2) is 9.36 Å². The van der Waals surface area contributed by atoms with E-state index >= 15 is 0 Å². The van der Waals surface area contributed by atoms with E-state index in [-0.39, 0.29) is 0 Å². The lowest BCUT2D eigenvalue weighted by atomic mass is 9.92. The molecule has 0 atom stereocenters. The summed E-state index contributed by atoms with van der Waals surface area (Å²) in [5.74, 6) is 0. The van der Waals surface area contributed by atoms with Crippen molar-refractivity contribution >= 4 is 54.5 Å². The molecule has 0 spiro atoms. The van der Waals surface area contributed by atoms with Crippen LogP contribution in [0.3, 0.4) is 0 Å². The molecule has 3 rings (SSSR count). The predicted octanol–water partition coefficient (Wildman–Crippen LogP) is 2.17. The highest BCUT2D eigenvalue weighted by atomic mass is 16.6. The van der Waals surface area contributed by atoms with E-state index in [1.54, 1.807) is 16.7 Å². The van der Waals surface area contributed by atoms with E-state index in [0.29, 0.717) is 10.9 Å². The van der Waals surface area contributed by atoms with Crippen LogP contribution in [0, 0.1) is 0 Å². The molecule has 0 amide bonds. The fourth-order valence-electron chi connectivity index (χ4n) is 2.56. The molecule has 0 aliphatic rings. The fourth-order valence-corrected chi connectivity index (χ4v) is 2.56. The zero-order chi connectivity index (χ0) is 16.1. The molecule has 1 heterocycles. The summed E-state index contributed by atoms with van der Waals surface area (Å²) in [4.78, 5) is 12.6. The van der Waals surface area contributed by atoms with Crippen molar-refractivity contribution in [3.8, 4) is 0 Å². The van der Waals surface area contributed by atoms with Crippen molar-refractivity contribution in [2.45, 2.75) is 26.4 Å². The quantitative estimate of drug-likeness (QED) is 0.593. The van der Waals surface area contributed by atoms with E-state index in [4.69, 9.17) is 20.4 Å². The second kappa shape index (κ2) is 4.94. The van der Waals surface area contributed by atoms with Gasteiger partial charge in [-0.1, -0.05) is 35.2 Å². The zero-order valence-electron chi connectivity index (χ0n) is 12.9. The first-order valence-corrected chi connectivity index (χ1v) is 7.09. The molecule has 106 valence electrons. The van der Waals surface area contributed by atoms with Gasteiger partial charge in [0.15, 0.2) is 0 Å². The normalized spacial score (nSPS) is 12.0. The van der Waals surface area contributed by atoms with Gasteiger partial charge in [0.05, 0.1) is 11.0 Å². The molecule has 0 bridgehead atoms. The Balaban J connectivity index is 2.34. The van der Waals surface area contributed by atoms with Crippen LogP contribution in [0.5, 0.6) is 0 Å². The molecular formula is C17H15B2NO2. The molecule has 0 fully saturated rings. The van der Waals surface area contributed by atoms with Crippen molar-refractivity contribution in [3.63, 3.8) is 0 Å². The molecule has 22 heavy (non-hydrogen) atoms. The van der Waals surface area contributed by atoms with Gasteiger partial charge in [-0.3, -0.25) is 0 Å². The van der Waals surface area contributed by atoms with E-state index in [1.165, 1.54) is 0 Å². The molecule has 0 unspecified atom stereocenters. The number of hydrogen-bond acceptors (Lipinski definition) is 2. The lowest BCUT2D eigenvalue weighted by molar-refractivity contribution is 0.0551. The first-order valence-electron chi connectivity index (χ1n) is 7.09. The fraction of sp³-hybridized carbons (Fsp3) is 0.235. The van der Waals surface area contributed by atoms with Gasteiger partial charge in [-0.05, 0) is 32.9 Å². The summed E-state index contributed by atoms with van der Waals surface area (Å²) < 4.78 is 7.08. The molecule has 3 nitrogen and oxygen atoms in total. The first-order chi connectivity index (χ1) is 10.3. The summed E-state index contributed by atoms with van der Waals surface area (Å²) in [6, 6.07) is 10.9. The monoisotopic (exact) mass is 287 g/mol. The number of benzene rings is 2. The predicted molar refractivity (Wildman–Crippen MR) is 91.9 cm³/mol. The molecule has 3 aromatic rings. The second-order valence-corrected chi connectivity index (χ2v) is 6.37. The number of fused-ring (bicyclic) bond motifs is 3. The maximum atomic E-state index is 12.6. The summed E-state index contributed by atoms with van der Waals surface area (Å²) in [5, 5.41) is 1.77. The van der Waals surface area contributed by atoms with Crippen molar-refractivity contribution in [1.82, 2.24) is 4.57 Å². The average molecular weight is 287 g/mol. The molecule has 1 aromatic heterocycles. The zero-order valence-corrected chi connectivity index (χ0v) is 12.9. The maximum absolute atomic E-state index is 12.6. The standard InChI is InChI=1S/C17H15B2NO2/c1-17(2,3)22-16(21)20-14-6-4-10(18)8-12(14)13-9-11(19)5-7-15(13)20/h4-9H,1-3H3. The Hall–Kier alpha value is -2.16. The van der Waals surface area contributed by atoms with Crippen LogP contribution in [0.25, 0.3) is 21.8 Å². The third-order valence-electron chi connectivity index (χ3n) is 3.39. The maximum Gasteiger partial charge on any atom is 0.419 e. The van der Waals surface area contributed by atoms with Gasteiger partial charge in [0.25, 0.3) is 0 Å². The Labute approximate surface area is 132 Å². The van der Waals surface area contributed by atoms with Gasteiger partial charge >= 0.3 is 6.09 Å². The van der Waals surface area contributed by atoms with Crippen LogP contribution < -0.4 is 10.9 Å². The van der Waals surface area contributed by atoms with Gasteiger partial charge in [0.2, 0.25) is 0 Å². The number of hydrogen-bond donors (Lipinski definition) is 0. The van der Waals surface area contributed by atoms with Crippen LogP contribution in [0.4, 0.5) is 4.79 Å². The van der Waals surface area contributed by atoms with Gasteiger partial charge < -0.3 is 4.74 Å². The van der Waals surface area contributed by atoms with Crippen molar-refractivity contribution in [3.05, 3.63) is 36.4 Å². The van der Waals surface area contributed by atoms with Crippen molar-refractivity contribution in [1.29, 1.82) is 0 Å². The Kier molecular flexibility index (Phi) is 3.31. The highest BCUT2D eigenvalue weighted by Crippen LogP contribution is 2.28. The van der Waals surface area contributed by atoms with Crippen molar-refractivity contribution in [2.75, 3.05) is 0 Å². The molecule has 0 aliphatic heterocycles. The van der Waals surface area contributed by atoms with Crippen LogP contribution in [0.2, 0.25) is 0 Å². The lowest BCUT2D eigenvalue weighted by Gasteiger charge is -2.20. The third-order valence-corrected chi connectivity index (χ3v) is 3.39. The summed E-state index contributed by atoms with van der Waals surface area (Å²) in [6.07, 6.45) is -0.415. The number of ether oxygens (including phenoxy) is 1. The highest BCUT2D eigenvalue weighted by Gasteiger charge is 2.22. The average Bonchev–Trinajstić information content (AvgIpc) is 2.70. The van der Waals surface area contributed by atoms with Crippen molar-refractivity contribution in [2.24, 2.45) is 0 Å². The number of carbonyl (C=O) groups is 1. The highest BCUT2D eigenvalue weighted by molar-refractivity contribution is 6.35. The van der Waals surface area contributed by atoms with Crippen LogP contribution >= 0.6 is 0 Å². The number of rotatable bonds is 0. The summed E-state index contributed by atoms with van der Waals surface area (Å²) in [6.45, 7) is 5.53. The van der Waals surface area contributed by atoms with Gasteiger partial charge in [0, 0.05) is 10.8 Å². The van der Waals surface area contributed by atoms with Crippen LogP contribution in [0.1, 0.15) is 20.8 Å². The molecule has 0 aliphatic carbocycles. The molecule has 0 N–H and O–H groups in total. The minimum atomic E-state index is -0.568. The molecule has 4 radical (unpaired) electrons. The van der Waals surface area contributed by atoms with E-state index in [9.17, 15) is 4.79 Å². The molecular weight excluding hydrogens is 272 g/mol. The minimum absolute atomic E-state index is 0.415. The molecule has 5 heteroatoms. The Morgan fingerprint density at radius 2 is 1.41 bits per heavy atom. The van der Waals surface area contributed by atoms with Gasteiger partial charge in [0.1, 0.15) is 21.3 Å². The third kappa shape index (κ3) is 2.52. The summed E-state index contributed by atoms with van der Waals surface area (Å²) >= 11 is 0. The summed E-state index contributed by atoms with van der Waals surface area (Å²) in [7, 11) is 11.8. The SMILES string of the molecule is [B]c1ccc2c(c1)c1cc([B])ccc1n2C(=O)OC(C)(C)C. The first kappa shape index (κ1) is 14.8. The second-order valence-electron chi connectivity index (χ2n) is 6.37. The van der Waals surface area contributed by atoms with Gasteiger partial charge in [-0.2, -0.15) is 0 Å². The van der Waals surface area contributed by atoms with Crippen molar-refractivity contribution < 1.29 is 9.53 Å². The number of nitrogens with zero attached hydrogens (tertiary/aromatic N) is 1. The Morgan fingerprint density at radius 3 is 1.82 bits per heavy atom. The number of aromatic nitrogens is 1. The van der Waals surface area contributed by atoms with Crippen LogP contribution in [-0.2, 0) is 4.74 Å². The largest absolute Gasteiger partial charge is 0.443 e. The van der Waals surface area contributed by atoms with Gasteiger partial charge in [-0.15, -0.1) is 0 Å². The minimum Gasteiger partial charge on any atom is -0.443 e. The molecule has 0 saturated heterocycles. The van der Waals surface area contributed by atoms with E-state index in [1.807, 2.05) is 45.0 Å². The van der Waals surface area contributed by atoms with E-state index in [0.717, 1.165) is 21.8 Å². The van der Waals surface area contributed by atoms with Crippen LogP contribution in [0.15, 0.2) is 36.4 Å². The smallest absolute Gasteiger partial charge is 0.419 e. The Bertz CT molecular complexity index is 832. The Morgan fingerprint density at radius 1 is 0.955 bits per heavy atom. The molecule has 0 saturated carbocycles. The van der Waals surface area contributed by atoms with Crippen LogP contribution in [-0.4, -0.2) is 32.0 Å². The van der Waals surface area contributed by atoms with E-state index in [2.05, 4.69) is 0 Å². The summed E-state index contributed by atoms with van der Waals surface area (Å²) in [5.41, 5.74) is 2.21. The lowest BCUT2D eigenvalue weighted by Crippen LogP contribution is -2.27. The number of carbonyl (C=O) groups excluding carboxylic acids is 1. The molecule has 2 aromatic carbocycles. The topological polar surface area (TPSA) is 31.2 Å².